The molecule has 0 saturated carbocycles. The van der Waals surface area contributed by atoms with Crippen molar-refractivity contribution in [2.45, 2.75) is 0 Å². The summed E-state index contributed by atoms with van der Waals surface area (Å²) in [6.45, 7) is 0. The third kappa shape index (κ3) is 8.84. The van der Waals surface area contributed by atoms with E-state index in [1.807, 2.05) is 0 Å². The molecule has 0 aromatic carbocycles. The van der Waals surface area contributed by atoms with Gasteiger partial charge in [-0.25, -0.2) is 0 Å². The molecule has 0 amide bonds. The molecular weight excluding hydrogens is 383 g/mol. The van der Waals surface area contributed by atoms with Crippen molar-refractivity contribution < 1.29 is 12.3 Å². The second-order valence-electron chi connectivity index (χ2n) is 0. The maximum absolute atomic E-state index is 0. The van der Waals surface area contributed by atoms with E-state index in [1.165, 1.54) is 0 Å². The Morgan fingerprint density at radius 2 is 1.00 bits per heavy atom. The summed E-state index contributed by atoms with van der Waals surface area (Å²) >= 11 is 0. The number of rotatable bonds is 0. The third-order valence-electron chi connectivity index (χ3n) is 0. The molecule has 0 unspecified atom stereocenters. The van der Waals surface area contributed by atoms with E-state index < -0.39 is 0 Å². The molecule has 0 nitrogen and oxygen atoms in total. The molecule has 0 aliphatic heterocycles. The molecule has 0 rings (SSSR count). The van der Waals surface area contributed by atoms with Crippen LogP contribution in [0.15, 0.2) is 0 Å². The average Bonchev–Trinajstić information content (AvgIpc) is 0. The zero-order valence-electron chi connectivity index (χ0n) is 4.23. The molecule has 26 valence electrons. The van der Waals surface area contributed by atoms with Gasteiger partial charge in [-0.1, -0.05) is 0 Å². The fraction of sp³-hybridized carbons (Fsp3) is 0. The van der Waals surface area contributed by atoms with Gasteiger partial charge in [0.25, 0.3) is 0 Å². The Morgan fingerprint density at radius 3 is 1.00 bits per heavy atom. The van der Waals surface area contributed by atoms with Crippen molar-refractivity contribution in [2.24, 2.45) is 0 Å². The van der Waals surface area contributed by atoms with Crippen LogP contribution in [0.3, 0.4) is 0 Å². The second-order valence-corrected chi connectivity index (χ2v) is 0. The van der Waals surface area contributed by atoms with E-state index in [9.17, 15) is 0 Å². The van der Waals surface area contributed by atoms with Gasteiger partial charge in [0.15, 0.2) is 0 Å². The zero-order valence-corrected chi connectivity index (χ0v) is 12.2. The summed E-state index contributed by atoms with van der Waals surface area (Å²) in [4.78, 5) is 0. The molecule has 0 aliphatic carbocycles. The molecule has 0 spiro atoms. The zero-order chi connectivity index (χ0) is 0. The van der Waals surface area contributed by atoms with E-state index in [0.717, 1.165) is 0 Å². The molecule has 0 aromatic heterocycles. The van der Waals surface area contributed by atoms with Gasteiger partial charge < -0.3 is 2.85 Å². The van der Waals surface area contributed by atoms with Crippen LogP contribution in [0.1, 0.15) is 2.85 Å². The van der Waals surface area contributed by atoms with Crippen LogP contribution >= 0.6 is 0 Å². The van der Waals surface area contributed by atoms with E-state index in [2.05, 4.69) is 0 Å². The van der Waals surface area contributed by atoms with Crippen molar-refractivity contribution in [2.75, 3.05) is 0 Å². The van der Waals surface area contributed by atoms with Crippen LogP contribution < -0.4 is 0 Å². The first-order valence-corrected chi connectivity index (χ1v) is 0. The van der Waals surface area contributed by atoms with Gasteiger partial charge in [-0.2, -0.15) is 0 Å². The topological polar surface area (TPSA) is 0 Å². The third-order valence-corrected chi connectivity index (χ3v) is 0. The molecule has 0 aromatic rings. The predicted molar refractivity (Wildman–Crippen MR) is 21.5 cm³/mol. The predicted octanol–water partition coefficient (Wildman–Crippen LogP) is -0.767. The SMILES string of the molecule is F.F.[Ba+2].[H-].[H-].[PbH2]. The Kier molecular flexibility index (Phi) is 151. The molecule has 0 heterocycles. The van der Waals surface area contributed by atoms with Crippen LogP contribution in [0.25, 0.3) is 0 Å². The molecule has 0 saturated heterocycles. The van der Waals surface area contributed by atoms with Crippen molar-refractivity contribution in [3.63, 3.8) is 0 Å². The van der Waals surface area contributed by atoms with Gasteiger partial charge in [-0.05, 0) is 0 Å². The summed E-state index contributed by atoms with van der Waals surface area (Å²) in [7, 11) is 0. The first kappa shape index (κ1) is 32.9. The standard InChI is InChI=1S/Ba.2FH.Pb.4H/h;2*1H;;;;;/q+2;;;;;;2*-1. The maximum atomic E-state index is 0. The van der Waals surface area contributed by atoms with E-state index in [1.54, 1.807) is 0 Å². The van der Waals surface area contributed by atoms with Crippen LogP contribution in [0.5, 0.6) is 0 Å². The van der Waals surface area contributed by atoms with Crippen LogP contribution in [0, 0.1) is 0 Å². The van der Waals surface area contributed by atoms with Gasteiger partial charge in [-0.15, -0.1) is 0 Å². The molecule has 4 heteroatoms. The molecule has 0 N–H and O–H groups in total. The van der Waals surface area contributed by atoms with Crippen molar-refractivity contribution in [1.82, 2.24) is 0 Å². The van der Waals surface area contributed by atoms with Crippen molar-refractivity contribution in [3.8, 4) is 0 Å². The van der Waals surface area contributed by atoms with Crippen LogP contribution in [0.4, 0.5) is 9.41 Å². The van der Waals surface area contributed by atoms with Gasteiger partial charge in [0.05, 0.1) is 0 Å². The van der Waals surface area contributed by atoms with E-state index in [0.29, 0.717) is 0 Å². The summed E-state index contributed by atoms with van der Waals surface area (Å²) in [6, 6.07) is 0. The minimum absolute atomic E-state index is 0. The van der Waals surface area contributed by atoms with Gasteiger partial charge in [0, 0.05) is 0 Å². The van der Waals surface area contributed by atoms with Gasteiger partial charge in [0.2, 0.25) is 0 Å². The van der Waals surface area contributed by atoms with Crippen LogP contribution in [0.2, 0.25) is 0 Å². The van der Waals surface area contributed by atoms with Crippen LogP contribution in [-0.4, -0.2) is 76.2 Å². The molecule has 0 bridgehead atoms. The summed E-state index contributed by atoms with van der Waals surface area (Å²) < 4.78 is 0. The van der Waals surface area contributed by atoms with Crippen molar-refractivity contribution in [1.29, 1.82) is 0 Å². The minimum atomic E-state index is 0. The molecule has 0 fully saturated rings. The summed E-state index contributed by atoms with van der Waals surface area (Å²) in [6.07, 6.45) is 0. The second kappa shape index (κ2) is 18.3. The van der Waals surface area contributed by atoms with E-state index in [4.69, 9.17) is 0 Å². The Morgan fingerprint density at radius 1 is 1.00 bits per heavy atom. The molecule has 0 aliphatic rings. The fourth-order valence-corrected chi connectivity index (χ4v) is 0. The first-order chi connectivity index (χ1) is 0. The fourth-order valence-electron chi connectivity index (χ4n) is 0. The van der Waals surface area contributed by atoms with E-state index >= 15 is 0 Å². The van der Waals surface area contributed by atoms with Crippen molar-refractivity contribution in [3.05, 3.63) is 0 Å². The first-order valence-electron chi connectivity index (χ1n) is 0. The molecular formula is H6BaF2Pb. The Bertz CT molecular complexity index is 11.5. The Balaban J connectivity index is 0. The number of hydrogen-bond acceptors (Lipinski definition) is 0. The van der Waals surface area contributed by atoms with Crippen LogP contribution in [-0.2, 0) is 0 Å². The molecule has 4 heavy (non-hydrogen) atoms. The summed E-state index contributed by atoms with van der Waals surface area (Å²) in [5.74, 6) is 0. The average molecular weight is 389 g/mol. The molecule has 2 radical (unpaired) electrons. The quantitative estimate of drug-likeness (QED) is 0.479. The summed E-state index contributed by atoms with van der Waals surface area (Å²) in [5, 5.41) is 0. The Hall–Kier alpha value is 2.35. The number of halogens is 2. The van der Waals surface area contributed by atoms with E-state index in [-0.39, 0.29) is 88.4 Å². The normalized spacial score (nSPS) is 0. The Labute approximate surface area is 86.7 Å². The van der Waals surface area contributed by atoms with Gasteiger partial charge in [0.1, 0.15) is 0 Å². The van der Waals surface area contributed by atoms with Gasteiger partial charge in [-0.3, -0.25) is 9.41 Å². The monoisotopic (exact) mass is 390 g/mol. The summed E-state index contributed by atoms with van der Waals surface area (Å²) in [5.41, 5.74) is 0. The molecule has 0 atom stereocenters. The number of hydrogen-bond donors (Lipinski definition) is 0. The van der Waals surface area contributed by atoms with Gasteiger partial charge >= 0.3 is 76.2 Å². The van der Waals surface area contributed by atoms with Crippen molar-refractivity contribution >= 4 is 76.2 Å².